The molecular formula is C24H21ClN2O2. The number of imide groups is 1. The molecule has 1 fully saturated rings. The minimum absolute atomic E-state index is 0.157. The number of carbonyl (C=O) groups is 2. The number of benzene rings is 3. The van der Waals surface area contributed by atoms with Gasteiger partial charge in [0.2, 0.25) is 0 Å². The van der Waals surface area contributed by atoms with Crippen molar-refractivity contribution in [2.24, 2.45) is 0 Å². The van der Waals surface area contributed by atoms with Crippen molar-refractivity contribution in [3.05, 3.63) is 106 Å². The zero-order chi connectivity index (χ0) is 20.6. The summed E-state index contributed by atoms with van der Waals surface area (Å²) in [5.41, 5.74) is 3.21. The van der Waals surface area contributed by atoms with E-state index in [0.717, 1.165) is 27.8 Å². The van der Waals surface area contributed by atoms with Gasteiger partial charge in [-0.25, -0.2) is 4.79 Å². The third kappa shape index (κ3) is 3.30. The summed E-state index contributed by atoms with van der Waals surface area (Å²) >= 11 is 6.08. The number of urea groups is 1. The van der Waals surface area contributed by atoms with Crippen LogP contribution in [0.15, 0.2) is 72.8 Å². The fraction of sp³-hybridized carbons (Fsp3) is 0.167. The number of carbonyl (C=O) groups excluding carboxylic acids is 2. The van der Waals surface area contributed by atoms with Crippen molar-refractivity contribution in [3.8, 4) is 0 Å². The van der Waals surface area contributed by atoms with Crippen molar-refractivity contribution in [3.63, 3.8) is 0 Å². The molecule has 0 aliphatic carbocycles. The Kier molecular flexibility index (Phi) is 4.89. The summed E-state index contributed by atoms with van der Waals surface area (Å²) in [4.78, 5) is 27.9. The van der Waals surface area contributed by atoms with E-state index >= 15 is 0 Å². The van der Waals surface area contributed by atoms with E-state index < -0.39 is 11.6 Å². The Hall–Kier alpha value is -3.11. The first-order valence-electron chi connectivity index (χ1n) is 9.43. The zero-order valence-electron chi connectivity index (χ0n) is 16.3. The second kappa shape index (κ2) is 7.37. The second-order valence-electron chi connectivity index (χ2n) is 7.37. The van der Waals surface area contributed by atoms with Crippen molar-refractivity contribution in [1.29, 1.82) is 0 Å². The van der Waals surface area contributed by atoms with Crippen molar-refractivity contribution in [2.45, 2.75) is 25.9 Å². The van der Waals surface area contributed by atoms with Gasteiger partial charge in [-0.1, -0.05) is 72.3 Å². The van der Waals surface area contributed by atoms with Crippen LogP contribution in [0.4, 0.5) is 4.79 Å². The van der Waals surface area contributed by atoms with E-state index in [9.17, 15) is 9.59 Å². The van der Waals surface area contributed by atoms with E-state index in [-0.39, 0.29) is 12.5 Å². The highest BCUT2D eigenvalue weighted by molar-refractivity contribution is 6.30. The van der Waals surface area contributed by atoms with Crippen LogP contribution in [0.1, 0.15) is 27.8 Å². The predicted molar refractivity (Wildman–Crippen MR) is 114 cm³/mol. The van der Waals surface area contributed by atoms with Gasteiger partial charge in [0, 0.05) is 5.02 Å². The largest absolute Gasteiger partial charge is 0.325 e. The van der Waals surface area contributed by atoms with Crippen molar-refractivity contribution in [2.75, 3.05) is 0 Å². The minimum atomic E-state index is -1.25. The summed E-state index contributed by atoms with van der Waals surface area (Å²) in [5.74, 6) is -0.295. The molecule has 0 unspecified atom stereocenters. The predicted octanol–water partition coefficient (Wildman–Crippen LogP) is 4.95. The second-order valence-corrected chi connectivity index (χ2v) is 7.80. The Morgan fingerprint density at radius 1 is 0.862 bits per heavy atom. The lowest BCUT2D eigenvalue weighted by molar-refractivity contribution is -0.130. The Labute approximate surface area is 175 Å². The fourth-order valence-electron chi connectivity index (χ4n) is 3.76. The van der Waals surface area contributed by atoms with Gasteiger partial charge in [0.25, 0.3) is 5.91 Å². The first-order valence-corrected chi connectivity index (χ1v) is 9.81. The quantitative estimate of drug-likeness (QED) is 0.625. The smallest absolute Gasteiger partial charge is 0.315 e. The lowest BCUT2D eigenvalue weighted by Gasteiger charge is -2.28. The molecule has 3 aromatic carbocycles. The molecule has 3 amide bonds. The van der Waals surface area contributed by atoms with Gasteiger partial charge in [0.1, 0.15) is 0 Å². The lowest BCUT2D eigenvalue weighted by atomic mass is 9.81. The molecule has 1 atom stereocenters. The molecule has 1 heterocycles. The molecule has 29 heavy (non-hydrogen) atoms. The number of hydrogen-bond donors (Lipinski definition) is 1. The van der Waals surface area contributed by atoms with Gasteiger partial charge in [0.05, 0.1) is 6.54 Å². The number of amides is 3. The lowest BCUT2D eigenvalue weighted by Crippen LogP contribution is -2.45. The highest BCUT2D eigenvalue weighted by Gasteiger charge is 2.53. The zero-order valence-corrected chi connectivity index (χ0v) is 17.0. The first-order chi connectivity index (χ1) is 13.9. The third-order valence-corrected chi connectivity index (χ3v) is 5.72. The van der Waals surface area contributed by atoms with Gasteiger partial charge in [-0.3, -0.25) is 9.69 Å². The van der Waals surface area contributed by atoms with Crippen molar-refractivity contribution < 1.29 is 9.59 Å². The molecule has 0 bridgehead atoms. The molecule has 5 heteroatoms. The number of halogens is 1. The SMILES string of the molecule is Cc1ccc([C@@]2(c3ccccc3)NC(=O)N(Cc3cccc(Cl)c3)C2=O)cc1C. The van der Waals surface area contributed by atoms with Crippen LogP contribution in [-0.2, 0) is 16.9 Å². The van der Waals surface area contributed by atoms with E-state index in [4.69, 9.17) is 11.6 Å². The monoisotopic (exact) mass is 404 g/mol. The molecule has 146 valence electrons. The van der Waals surface area contributed by atoms with Gasteiger partial charge in [-0.15, -0.1) is 0 Å². The molecule has 0 spiro atoms. The number of rotatable bonds is 4. The maximum Gasteiger partial charge on any atom is 0.325 e. The first kappa shape index (κ1) is 19.2. The molecular weight excluding hydrogens is 384 g/mol. The molecule has 0 radical (unpaired) electrons. The topological polar surface area (TPSA) is 49.4 Å². The van der Waals surface area contributed by atoms with Gasteiger partial charge >= 0.3 is 6.03 Å². The van der Waals surface area contributed by atoms with E-state index in [1.54, 1.807) is 12.1 Å². The molecule has 0 saturated carbocycles. The summed E-state index contributed by atoms with van der Waals surface area (Å²) in [5, 5.41) is 3.55. The van der Waals surface area contributed by atoms with Crippen LogP contribution in [0.5, 0.6) is 0 Å². The average molecular weight is 405 g/mol. The van der Waals surface area contributed by atoms with Crippen molar-refractivity contribution >= 4 is 23.5 Å². The Morgan fingerprint density at radius 2 is 1.62 bits per heavy atom. The highest BCUT2D eigenvalue weighted by Crippen LogP contribution is 2.37. The van der Waals surface area contributed by atoms with Crippen LogP contribution < -0.4 is 5.32 Å². The summed E-state index contributed by atoms with van der Waals surface area (Å²) in [7, 11) is 0. The summed E-state index contributed by atoms with van der Waals surface area (Å²) in [6, 6.07) is 22.0. The number of aryl methyl sites for hydroxylation is 2. The molecule has 3 aromatic rings. The third-order valence-electron chi connectivity index (χ3n) is 5.48. The molecule has 4 rings (SSSR count). The van der Waals surface area contributed by atoms with Gasteiger partial charge in [-0.05, 0) is 53.8 Å². The molecule has 1 aliphatic heterocycles. The van der Waals surface area contributed by atoms with Crippen LogP contribution in [-0.4, -0.2) is 16.8 Å². The molecule has 1 aliphatic rings. The van der Waals surface area contributed by atoms with Gasteiger partial charge < -0.3 is 5.32 Å². The Morgan fingerprint density at radius 3 is 2.31 bits per heavy atom. The Bertz CT molecular complexity index is 1100. The van der Waals surface area contributed by atoms with Gasteiger partial charge in [-0.2, -0.15) is 0 Å². The number of hydrogen-bond acceptors (Lipinski definition) is 2. The van der Waals surface area contributed by atoms with E-state index in [0.29, 0.717) is 5.02 Å². The normalized spacial score (nSPS) is 18.8. The summed E-state index contributed by atoms with van der Waals surface area (Å²) in [6.07, 6.45) is 0. The van der Waals surface area contributed by atoms with Crippen LogP contribution in [0.3, 0.4) is 0 Å². The maximum atomic E-state index is 13.7. The van der Waals surface area contributed by atoms with Gasteiger partial charge in [0.15, 0.2) is 5.54 Å². The van der Waals surface area contributed by atoms with E-state index in [1.807, 2.05) is 74.5 Å². The molecule has 0 aromatic heterocycles. The van der Waals surface area contributed by atoms with Crippen LogP contribution >= 0.6 is 11.6 Å². The molecule has 1 saturated heterocycles. The Balaban J connectivity index is 1.82. The maximum absolute atomic E-state index is 13.7. The fourth-order valence-corrected chi connectivity index (χ4v) is 3.97. The van der Waals surface area contributed by atoms with Crippen LogP contribution in [0.2, 0.25) is 5.02 Å². The van der Waals surface area contributed by atoms with E-state index in [2.05, 4.69) is 5.32 Å². The standard InChI is InChI=1S/C24H21ClN2O2/c1-16-11-12-20(13-17(16)2)24(19-8-4-3-5-9-19)22(28)27(23(29)26-24)15-18-7-6-10-21(25)14-18/h3-14H,15H2,1-2H3,(H,26,29)/t24-/m1/s1. The summed E-state index contributed by atoms with van der Waals surface area (Å²) in [6.45, 7) is 4.18. The number of nitrogens with one attached hydrogen (secondary N) is 1. The summed E-state index contributed by atoms with van der Waals surface area (Å²) < 4.78 is 0. The molecule has 4 nitrogen and oxygen atoms in total. The van der Waals surface area contributed by atoms with E-state index in [1.165, 1.54) is 4.90 Å². The minimum Gasteiger partial charge on any atom is -0.315 e. The molecule has 1 N–H and O–H groups in total. The number of nitrogens with zero attached hydrogens (tertiary/aromatic N) is 1. The van der Waals surface area contributed by atoms with Crippen LogP contribution in [0.25, 0.3) is 0 Å². The average Bonchev–Trinajstić information content (AvgIpc) is 2.96. The highest BCUT2D eigenvalue weighted by atomic mass is 35.5. The van der Waals surface area contributed by atoms with Crippen molar-refractivity contribution in [1.82, 2.24) is 10.2 Å². The van der Waals surface area contributed by atoms with Crippen LogP contribution in [0, 0.1) is 13.8 Å².